The molecule has 8 heteroatoms. The van der Waals surface area contributed by atoms with Gasteiger partial charge in [-0.05, 0) is 31.5 Å². The smallest absolute Gasteiger partial charge is 0.333 e. The van der Waals surface area contributed by atoms with Crippen molar-refractivity contribution in [3.63, 3.8) is 0 Å². The zero-order valence-electron chi connectivity index (χ0n) is 11.6. The van der Waals surface area contributed by atoms with Crippen LogP contribution in [0.25, 0.3) is 0 Å². The molecule has 0 aliphatic carbocycles. The Morgan fingerprint density at radius 2 is 2.24 bits per heavy atom. The minimum absolute atomic E-state index is 0.0176. The minimum atomic E-state index is -0.499. The SMILES string of the molecule is CCn1nc(C)c([N+](=O)[O-])c1NCc1ccc(F)c(Cl)c1. The second-order valence-electron chi connectivity index (χ2n) is 4.46. The molecule has 0 saturated heterocycles. The molecule has 1 aromatic carbocycles. The van der Waals surface area contributed by atoms with Gasteiger partial charge in [0.1, 0.15) is 11.5 Å². The maximum atomic E-state index is 13.1. The fraction of sp³-hybridized carbons (Fsp3) is 0.308. The summed E-state index contributed by atoms with van der Waals surface area (Å²) in [4.78, 5) is 10.7. The number of aryl methyl sites for hydroxylation is 2. The number of nitro groups is 1. The zero-order chi connectivity index (χ0) is 15.6. The van der Waals surface area contributed by atoms with Gasteiger partial charge in [-0.3, -0.25) is 10.1 Å². The molecule has 21 heavy (non-hydrogen) atoms. The van der Waals surface area contributed by atoms with E-state index in [1.807, 2.05) is 6.92 Å². The second kappa shape index (κ2) is 6.09. The van der Waals surface area contributed by atoms with Crippen LogP contribution in [0.1, 0.15) is 18.2 Å². The van der Waals surface area contributed by atoms with Gasteiger partial charge in [-0.25, -0.2) is 9.07 Å². The molecule has 0 aliphatic rings. The predicted molar refractivity (Wildman–Crippen MR) is 78.0 cm³/mol. The van der Waals surface area contributed by atoms with E-state index < -0.39 is 10.7 Å². The first-order valence-electron chi connectivity index (χ1n) is 6.33. The molecule has 2 rings (SSSR count). The van der Waals surface area contributed by atoms with Gasteiger partial charge in [0, 0.05) is 13.1 Å². The van der Waals surface area contributed by atoms with Crippen molar-refractivity contribution in [1.82, 2.24) is 9.78 Å². The molecule has 0 saturated carbocycles. The van der Waals surface area contributed by atoms with Crippen LogP contribution in [-0.2, 0) is 13.1 Å². The van der Waals surface area contributed by atoms with Crippen LogP contribution < -0.4 is 5.32 Å². The van der Waals surface area contributed by atoms with E-state index >= 15 is 0 Å². The Bertz CT molecular complexity index is 687. The minimum Gasteiger partial charge on any atom is -0.360 e. The van der Waals surface area contributed by atoms with Crippen molar-refractivity contribution >= 4 is 23.1 Å². The first-order chi connectivity index (χ1) is 9.93. The van der Waals surface area contributed by atoms with Crippen LogP contribution in [0.15, 0.2) is 18.2 Å². The highest BCUT2D eigenvalue weighted by atomic mass is 35.5. The van der Waals surface area contributed by atoms with Crippen LogP contribution in [0.3, 0.4) is 0 Å². The van der Waals surface area contributed by atoms with Crippen LogP contribution in [0, 0.1) is 22.9 Å². The van der Waals surface area contributed by atoms with Crippen molar-refractivity contribution in [3.8, 4) is 0 Å². The van der Waals surface area contributed by atoms with Crippen molar-refractivity contribution in [1.29, 1.82) is 0 Å². The fourth-order valence-electron chi connectivity index (χ4n) is 2.03. The van der Waals surface area contributed by atoms with Crippen LogP contribution in [0.4, 0.5) is 15.9 Å². The van der Waals surface area contributed by atoms with E-state index in [4.69, 9.17) is 11.6 Å². The molecule has 0 bridgehead atoms. The van der Waals surface area contributed by atoms with E-state index in [9.17, 15) is 14.5 Å². The van der Waals surface area contributed by atoms with Crippen molar-refractivity contribution in [2.45, 2.75) is 26.9 Å². The second-order valence-corrected chi connectivity index (χ2v) is 4.86. The largest absolute Gasteiger partial charge is 0.360 e. The van der Waals surface area contributed by atoms with Crippen LogP contribution >= 0.6 is 11.6 Å². The molecule has 0 fully saturated rings. The molecule has 6 nitrogen and oxygen atoms in total. The first kappa shape index (κ1) is 15.2. The molecule has 0 amide bonds. The number of rotatable bonds is 5. The Labute approximate surface area is 125 Å². The monoisotopic (exact) mass is 312 g/mol. The Balaban J connectivity index is 2.26. The average molecular weight is 313 g/mol. The summed E-state index contributed by atoms with van der Waals surface area (Å²) in [6.07, 6.45) is 0. The van der Waals surface area contributed by atoms with Crippen LogP contribution in [0.5, 0.6) is 0 Å². The molecule has 1 aromatic heterocycles. The molecular weight excluding hydrogens is 299 g/mol. The maximum Gasteiger partial charge on any atom is 0.333 e. The fourth-order valence-corrected chi connectivity index (χ4v) is 2.23. The molecule has 0 spiro atoms. The molecular formula is C13H14ClFN4O2. The number of hydrogen-bond acceptors (Lipinski definition) is 4. The molecule has 1 N–H and O–H groups in total. The zero-order valence-corrected chi connectivity index (χ0v) is 12.3. The molecule has 0 unspecified atom stereocenters. The molecule has 112 valence electrons. The molecule has 0 atom stereocenters. The van der Waals surface area contributed by atoms with Gasteiger partial charge in [-0.15, -0.1) is 0 Å². The molecule has 0 radical (unpaired) electrons. The number of benzene rings is 1. The number of nitrogens with one attached hydrogen (secondary N) is 1. The quantitative estimate of drug-likeness (QED) is 0.677. The number of nitrogens with zero attached hydrogens (tertiary/aromatic N) is 3. The van der Waals surface area contributed by atoms with Crippen LogP contribution in [-0.4, -0.2) is 14.7 Å². The van der Waals surface area contributed by atoms with Crippen molar-refractivity contribution in [2.75, 3.05) is 5.32 Å². The highest BCUT2D eigenvalue weighted by molar-refractivity contribution is 6.30. The number of aromatic nitrogens is 2. The third-order valence-corrected chi connectivity index (χ3v) is 3.31. The van der Waals surface area contributed by atoms with Gasteiger partial charge in [0.15, 0.2) is 0 Å². The summed E-state index contributed by atoms with van der Waals surface area (Å²) in [7, 11) is 0. The predicted octanol–water partition coefficient (Wildman–Crippen LogP) is 3.52. The van der Waals surface area contributed by atoms with Gasteiger partial charge in [0.25, 0.3) is 0 Å². The van der Waals surface area contributed by atoms with E-state index in [1.165, 1.54) is 16.8 Å². The van der Waals surface area contributed by atoms with Gasteiger partial charge in [-0.1, -0.05) is 17.7 Å². The third-order valence-electron chi connectivity index (χ3n) is 3.02. The van der Waals surface area contributed by atoms with Crippen molar-refractivity contribution < 1.29 is 9.31 Å². The summed E-state index contributed by atoms with van der Waals surface area (Å²) < 4.78 is 14.6. The topological polar surface area (TPSA) is 73.0 Å². The van der Waals surface area contributed by atoms with Gasteiger partial charge < -0.3 is 5.32 Å². The summed E-state index contributed by atoms with van der Waals surface area (Å²) in [5.74, 6) is -0.165. The molecule has 1 heterocycles. The number of halogens is 2. The lowest BCUT2D eigenvalue weighted by atomic mass is 10.2. The highest BCUT2D eigenvalue weighted by Gasteiger charge is 2.24. The Morgan fingerprint density at radius 1 is 1.52 bits per heavy atom. The number of anilines is 1. The van der Waals surface area contributed by atoms with Gasteiger partial charge in [0.2, 0.25) is 5.82 Å². The Kier molecular flexibility index (Phi) is 4.42. The lowest BCUT2D eigenvalue weighted by Gasteiger charge is -2.08. The summed E-state index contributed by atoms with van der Waals surface area (Å²) in [5.41, 5.74) is 1.02. The average Bonchev–Trinajstić information content (AvgIpc) is 2.76. The van der Waals surface area contributed by atoms with E-state index in [0.29, 0.717) is 18.1 Å². The Hall–Kier alpha value is -2.15. The van der Waals surface area contributed by atoms with Crippen LogP contribution in [0.2, 0.25) is 5.02 Å². The van der Waals surface area contributed by atoms with Gasteiger partial charge in [-0.2, -0.15) is 5.10 Å². The maximum absolute atomic E-state index is 13.1. The summed E-state index contributed by atoms with van der Waals surface area (Å²) in [5, 5.41) is 18.2. The molecule has 2 aromatic rings. The highest BCUT2D eigenvalue weighted by Crippen LogP contribution is 2.28. The first-order valence-corrected chi connectivity index (χ1v) is 6.71. The van der Waals surface area contributed by atoms with E-state index in [-0.39, 0.29) is 17.3 Å². The standard InChI is InChI=1S/C13H14ClFN4O2/c1-3-18-13(12(19(20)21)8(2)17-18)16-7-9-4-5-11(15)10(14)6-9/h4-6,16H,3,7H2,1-2H3. The lowest BCUT2D eigenvalue weighted by molar-refractivity contribution is -0.384. The van der Waals surface area contributed by atoms with Gasteiger partial charge >= 0.3 is 5.69 Å². The summed E-state index contributed by atoms with van der Waals surface area (Å²) >= 11 is 5.71. The molecule has 0 aliphatic heterocycles. The van der Waals surface area contributed by atoms with Crippen molar-refractivity contribution in [2.24, 2.45) is 0 Å². The van der Waals surface area contributed by atoms with E-state index in [2.05, 4.69) is 10.4 Å². The van der Waals surface area contributed by atoms with E-state index in [1.54, 1.807) is 13.0 Å². The van der Waals surface area contributed by atoms with Crippen molar-refractivity contribution in [3.05, 3.63) is 50.4 Å². The van der Waals surface area contributed by atoms with Gasteiger partial charge in [0.05, 0.1) is 9.95 Å². The summed E-state index contributed by atoms with van der Waals surface area (Å²) in [6.45, 7) is 4.22. The lowest BCUT2D eigenvalue weighted by Crippen LogP contribution is -2.08. The number of hydrogen-bond donors (Lipinski definition) is 1. The Morgan fingerprint density at radius 3 is 2.81 bits per heavy atom. The van der Waals surface area contributed by atoms with E-state index in [0.717, 1.165) is 5.56 Å². The summed E-state index contributed by atoms with van der Waals surface area (Å²) in [6, 6.07) is 4.31. The third kappa shape index (κ3) is 3.13. The normalized spacial score (nSPS) is 10.7.